The van der Waals surface area contributed by atoms with E-state index >= 15 is 4.39 Å². The van der Waals surface area contributed by atoms with Crippen molar-refractivity contribution in [2.24, 2.45) is 17.3 Å². The van der Waals surface area contributed by atoms with E-state index in [4.69, 9.17) is 9.47 Å². The van der Waals surface area contributed by atoms with Crippen LogP contribution in [0.15, 0.2) is 60.7 Å². The maximum Gasteiger partial charge on any atom is 0.307 e. The molecule has 3 aromatic carbocycles. The average molecular weight is 527 g/mol. The Hall–Kier alpha value is -3.60. The van der Waals surface area contributed by atoms with Crippen molar-refractivity contribution in [3.05, 3.63) is 88.7 Å². The Balaban J connectivity index is 1.32. The molecule has 0 radical (unpaired) electrons. The molecule has 0 amide bonds. The first-order chi connectivity index (χ1) is 18.7. The summed E-state index contributed by atoms with van der Waals surface area (Å²) in [6.45, 7) is 6.90. The maximum atomic E-state index is 15.1. The summed E-state index contributed by atoms with van der Waals surface area (Å²) in [4.78, 5) is 11.8. The number of benzene rings is 3. The quantitative estimate of drug-likeness (QED) is 0.341. The SMILES string of the molecule is COc1ccc(F)c(-c2ccc(COc3ccc4c(c3)C3(CC4)C(C)C3C(=O)O)cc2C2=CCCC2(C)C)c1. The van der Waals surface area contributed by atoms with Crippen molar-refractivity contribution >= 4 is 11.5 Å². The Bertz CT molecular complexity index is 1500. The van der Waals surface area contributed by atoms with Gasteiger partial charge in [0.25, 0.3) is 0 Å². The van der Waals surface area contributed by atoms with E-state index in [1.165, 1.54) is 17.2 Å². The van der Waals surface area contributed by atoms with Gasteiger partial charge in [0.2, 0.25) is 0 Å². The third-order valence-electron chi connectivity index (χ3n) is 9.51. The van der Waals surface area contributed by atoms with Crippen LogP contribution >= 0.6 is 0 Å². The summed E-state index contributed by atoms with van der Waals surface area (Å²) < 4.78 is 26.7. The Morgan fingerprint density at radius 2 is 1.79 bits per heavy atom. The molecule has 0 saturated heterocycles. The molecule has 1 fully saturated rings. The number of carboxylic acid groups (broad SMARTS) is 1. The minimum atomic E-state index is -0.703. The second-order valence-corrected chi connectivity index (χ2v) is 12.0. The van der Waals surface area contributed by atoms with E-state index in [0.29, 0.717) is 17.9 Å². The minimum Gasteiger partial charge on any atom is -0.497 e. The number of allylic oxidation sites excluding steroid dienone is 2. The van der Waals surface area contributed by atoms with Gasteiger partial charge in [-0.2, -0.15) is 0 Å². The number of carboxylic acids is 1. The summed E-state index contributed by atoms with van der Waals surface area (Å²) in [6, 6.07) is 17.1. The van der Waals surface area contributed by atoms with Gasteiger partial charge in [0.05, 0.1) is 13.0 Å². The van der Waals surface area contributed by atoms with Crippen LogP contribution in [0.3, 0.4) is 0 Å². The van der Waals surface area contributed by atoms with Gasteiger partial charge in [-0.3, -0.25) is 4.79 Å². The Morgan fingerprint density at radius 1 is 1.00 bits per heavy atom. The number of fused-ring (bicyclic) bond motifs is 2. The molecular weight excluding hydrogens is 491 g/mol. The van der Waals surface area contributed by atoms with Crippen molar-refractivity contribution in [2.45, 2.75) is 58.5 Å². The zero-order valence-corrected chi connectivity index (χ0v) is 23.0. The lowest BCUT2D eigenvalue weighted by atomic mass is 9.79. The van der Waals surface area contributed by atoms with Gasteiger partial charge in [-0.15, -0.1) is 0 Å². The summed E-state index contributed by atoms with van der Waals surface area (Å²) in [5, 5.41) is 9.73. The van der Waals surface area contributed by atoms with Gasteiger partial charge in [-0.1, -0.05) is 45.0 Å². The lowest BCUT2D eigenvalue weighted by molar-refractivity contribution is -0.139. The number of hydrogen-bond donors (Lipinski definition) is 1. The molecule has 1 N–H and O–H groups in total. The van der Waals surface area contributed by atoms with E-state index in [-0.39, 0.29) is 28.5 Å². The summed E-state index contributed by atoms with van der Waals surface area (Å²) >= 11 is 0. The van der Waals surface area contributed by atoms with Gasteiger partial charge in [0, 0.05) is 11.0 Å². The van der Waals surface area contributed by atoms with Crippen LogP contribution in [0.1, 0.15) is 62.3 Å². The molecule has 0 heterocycles. The lowest BCUT2D eigenvalue weighted by Crippen LogP contribution is -2.12. The number of aryl methyl sites for hydroxylation is 1. The third kappa shape index (κ3) is 4.14. The molecule has 6 rings (SSSR count). The zero-order valence-electron chi connectivity index (χ0n) is 23.0. The summed E-state index contributed by atoms with van der Waals surface area (Å²) in [6.07, 6.45) is 6.13. The number of rotatable bonds is 7. The number of carbonyl (C=O) groups is 1. The Kier molecular flexibility index (Phi) is 6.09. The predicted octanol–water partition coefficient (Wildman–Crippen LogP) is 7.82. The number of aliphatic carboxylic acids is 1. The molecule has 3 aliphatic carbocycles. The maximum absolute atomic E-state index is 15.1. The van der Waals surface area contributed by atoms with Crippen LogP contribution in [-0.2, 0) is 23.2 Å². The van der Waals surface area contributed by atoms with Gasteiger partial charge >= 0.3 is 5.97 Å². The molecular formula is C34H35FO4. The van der Waals surface area contributed by atoms with Gasteiger partial charge in [0.1, 0.15) is 23.9 Å². The average Bonchev–Trinajstić information content (AvgIpc) is 3.15. The first-order valence-electron chi connectivity index (χ1n) is 13.8. The van der Waals surface area contributed by atoms with Crippen LogP contribution in [-0.4, -0.2) is 18.2 Å². The molecule has 0 aromatic heterocycles. The van der Waals surface area contributed by atoms with Crippen LogP contribution in [0.5, 0.6) is 11.5 Å². The molecule has 3 atom stereocenters. The first-order valence-corrected chi connectivity index (χ1v) is 13.8. The fraction of sp³-hybridized carbons (Fsp3) is 0.382. The lowest BCUT2D eigenvalue weighted by Gasteiger charge is -2.25. The Labute approximate surface area is 229 Å². The molecule has 3 unspecified atom stereocenters. The number of hydrogen-bond acceptors (Lipinski definition) is 3. The third-order valence-corrected chi connectivity index (χ3v) is 9.51. The van der Waals surface area contributed by atoms with Crippen LogP contribution in [0.2, 0.25) is 0 Å². The van der Waals surface area contributed by atoms with Crippen molar-refractivity contribution in [1.82, 2.24) is 0 Å². The highest BCUT2D eigenvalue weighted by atomic mass is 19.1. The normalized spacial score (nSPS) is 24.4. The topological polar surface area (TPSA) is 55.8 Å². The van der Waals surface area contributed by atoms with Crippen LogP contribution < -0.4 is 9.47 Å². The summed E-state index contributed by atoms with van der Waals surface area (Å²) in [5.41, 5.74) is 6.73. The van der Waals surface area contributed by atoms with Crippen LogP contribution in [0, 0.1) is 23.1 Å². The van der Waals surface area contributed by atoms with E-state index in [1.54, 1.807) is 19.2 Å². The smallest absolute Gasteiger partial charge is 0.307 e. The van der Waals surface area contributed by atoms with E-state index in [2.05, 4.69) is 45.0 Å². The molecule has 39 heavy (non-hydrogen) atoms. The largest absolute Gasteiger partial charge is 0.497 e. The number of methoxy groups -OCH3 is 1. The highest BCUT2D eigenvalue weighted by Gasteiger charge is 2.68. The molecule has 0 aliphatic heterocycles. The molecule has 5 heteroatoms. The molecule has 202 valence electrons. The molecule has 1 spiro atoms. The second kappa shape index (κ2) is 9.25. The monoisotopic (exact) mass is 526 g/mol. The fourth-order valence-corrected chi connectivity index (χ4v) is 7.24. The van der Waals surface area contributed by atoms with E-state index < -0.39 is 5.97 Å². The first kappa shape index (κ1) is 25.7. The standard InChI is InChI=1S/C34H35FO4/c1-20-31(32(36)37)34(20)15-13-22-8-9-24(18-29(22)34)39-19-21-7-11-25(27-17-23(38-4)10-12-30(27)35)26(16-21)28-6-5-14-33(28,2)3/h6-12,16-18,20,31H,5,13-15,19H2,1-4H3,(H,36,37). The summed E-state index contributed by atoms with van der Waals surface area (Å²) in [7, 11) is 1.59. The van der Waals surface area contributed by atoms with Crippen molar-refractivity contribution in [1.29, 1.82) is 0 Å². The summed E-state index contributed by atoms with van der Waals surface area (Å²) in [5.74, 6) is 0.215. The van der Waals surface area contributed by atoms with E-state index in [1.807, 2.05) is 18.2 Å². The van der Waals surface area contributed by atoms with E-state index in [0.717, 1.165) is 53.7 Å². The molecule has 4 nitrogen and oxygen atoms in total. The second-order valence-electron chi connectivity index (χ2n) is 12.0. The minimum absolute atomic E-state index is 0.0144. The Morgan fingerprint density at radius 3 is 2.49 bits per heavy atom. The fourth-order valence-electron chi connectivity index (χ4n) is 7.24. The van der Waals surface area contributed by atoms with Crippen LogP contribution in [0.25, 0.3) is 16.7 Å². The van der Waals surface area contributed by atoms with Crippen molar-refractivity contribution < 1.29 is 23.8 Å². The molecule has 3 aromatic rings. The van der Waals surface area contributed by atoms with Crippen molar-refractivity contribution in [3.8, 4) is 22.6 Å². The highest BCUT2D eigenvalue weighted by Crippen LogP contribution is 2.66. The predicted molar refractivity (Wildman–Crippen MR) is 150 cm³/mol. The molecule has 0 bridgehead atoms. The highest BCUT2D eigenvalue weighted by molar-refractivity contribution is 5.85. The molecule has 1 saturated carbocycles. The number of ether oxygens (including phenoxy) is 2. The van der Waals surface area contributed by atoms with Gasteiger partial charge < -0.3 is 14.6 Å². The van der Waals surface area contributed by atoms with Gasteiger partial charge in [-0.05, 0) is 107 Å². The van der Waals surface area contributed by atoms with Crippen LogP contribution in [0.4, 0.5) is 4.39 Å². The number of halogens is 1. The van der Waals surface area contributed by atoms with Crippen molar-refractivity contribution in [3.63, 3.8) is 0 Å². The van der Waals surface area contributed by atoms with Crippen molar-refractivity contribution in [2.75, 3.05) is 7.11 Å². The zero-order chi connectivity index (χ0) is 27.5. The molecule has 3 aliphatic rings. The van der Waals surface area contributed by atoms with Gasteiger partial charge in [-0.25, -0.2) is 4.39 Å². The van der Waals surface area contributed by atoms with Gasteiger partial charge in [0.15, 0.2) is 0 Å². The van der Waals surface area contributed by atoms with E-state index in [9.17, 15) is 9.90 Å².